The van der Waals surface area contributed by atoms with Crippen molar-refractivity contribution in [2.75, 3.05) is 6.54 Å². The van der Waals surface area contributed by atoms with Crippen molar-refractivity contribution in [2.24, 2.45) is 5.92 Å². The van der Waals surface area contributed by atoms with Crippen molar-refractivity contribution in [1.29, 1.82) is 0 Å². The fourth-order valence-corrected chi connectivity index (χ4v) is 2.63. The molecule has 1 fully saturated rings. The van der Waals surface area contributed by atoms with Crippen LogP contribution in [0.15, 0.2) is 24.5 Å². The van der Waals surface area contributed by atoms with Crippen LogP contribution < -0.4 is 5.32 Å². The van der Waals surface area contributed by atoms with E-state index in [4.69, 9.17) is 0 Å². The summed E-state index contributed by atoms with van der Waals surface area (Å²) in [7, 11) is 0. The van der Waals surface area contributed by atoms with Crippen LogP contribution in [0.2, 0.25) is 0 Å². The number of hydrogen-bond acceptors (Lipinski definition) is 3. The number of alkyl halides is 3. The Morgan fingerprint density at radius 2 is 2.10 bits per heavy atom. The highest BCUT2D eigenvalue weighted by atomic mass is 19.4. The van der Waals surface area contributed by atoms with E-state index in [9.17, 15) is 23.1 Å². The van der Waals surface area contributed by atoms with E-state index in [1.54, 1.807) is 0 Å². The number of nitrogens with one attached hydrogen (secondary N) is 1. The van der Waals surface area contributed by atoms with E-state index in [-0.39, 0.29) is 25.8 Å². The molecule has 0 aromatic carbocycles. The van der Waals surface area contributed by atoms with Crippen LogP contribution in [0.5, 0.6) is 0 Å². The van der Waals surface area contributed by atoms with Gasteiger partial charge in [0.05, 0.1) is 11.5 Å². The largest absolute Gasteiger partial charge is 0.391 e. The van der Waals surface area contributed by atoms with Crippen LogP contribution in [0.4, 0.5) is 13.2 Å². The van der Waals surface area contributed by atoms with Crippen LogP contribution in [0.1, 0.15) is 36.0 Å². The molecule has 0 bridgehead atoms. The van der Waals surface area contributed by atoms with Crippen molar-refractivity contribution in [2.45, 2.75) is 37.5 Å². The first-order chi connectivity index (χ1) is 9.80. The Kier molecular flexibility index (Phi) is 4.51. The third-order valence-electron chi connectivity index (χ3n) is 3.80. The minimum atomic E-state index is -4.30. The Morgan fingerprint density at radius 3 is 2.71 bits per heavy atom. The van der Waals surface area contributed by atoms with Gasteiger partial charge in [0, 0.05) is 24.5 Å². The third-order valence-corrected chi connectivity index (χ3v) is 3.80. The smallest absolute Gasteiger partial charge is 0.388 e. The molecule has 7 heteroatoms. The molecular formula is C14H17F3N2O2. The molecule has 0 saturated heterocycles. The highest BCUT2D eigenvalue weighted by Crippen LogP contribution is 2.41. The number of aromatic nitrogens is 1. The molecule has 4 nitrogen and oxygen atoms in total. The molecule has 0 radical (unpaired) electrons. The normalized spacial score (nSPS) is 26.4. The second-order valence-electron chi connectivity index (χ2n) is 5.48. The van der Waals surface area contributed by atoms with Crippen molar-refractivity contribution in [3.05, 3.63) is 30.1 Å². The van der Waals surface area contributed by atoms with Crippen LogP contribution in [-0.4, -0.2) is 34.3 Å². The van der Waals surface area contributed by atoms with Crippen molar-refractivity contribution in [1.82, 2.24) is 10.3 Å². The van der Waals surface area contributed by atoms with Gasteiger partial charge >= 0.3 is 6.18 Å². The van der Waals surface area contributed by atoms with E-state index in [1.807, 2.05) is 0 Å². The summed E-state index contributed by atoms with van der Waals surface area (Å²) >= 11 is 0. The highest BCUT2D eigenvalue weighted by Gasteiger charge is 2.46. The summed E-state index contributed by atoms with van der Waals surface area (Å²) in [4.78, 5) is 15.6. The van der Waals surface area contributed by atoms with Crippen molar-refractivity contribution in [3.8, 4) is 0 Å². The molecule has 0 unspecified atom stereocenters. The molecule has 2 N–H and O–H groups in total. The van der Waals surface area contributed by atoms with Gasteiger partial charge in [0.15, 0.2) is 0 Å². The predicted molar refractivity (Wildman–Crippen MR) is 69.5 cm³/mol. The van der Waals surface area contributed by atoms with Gasteiger partial charge in [-0.25, -0.2) is 0 Å². The predicted octanol–water partition coefficient (Wildman–Crippen LogP) is 2.29. The Morgan fingerprint density at radius 1 is 1.43 bits per heavy atom. The third kappa shape index (κ3) is 4.17. The summed E-state index contributed by atoms with van der Waals surface area (Å²) < 4.78 is 38.2. The SMILES string of the molecule is O=C(NC[C@@]1(O)CCC[C@H](C(F)(F)F)C1)c1ccncc1. The molecule has 0 aliphatic heterocycles. The quantitative estimate of drug-likeness (QED) is 0.900. The minimum absolute atomic E-state index is 0.0319. The van der Waals surface area contributed by atoms with Crippen molar-refractivity contribution >= 4 is 5.91 Å². The fraction of sp³-hybridized carbons (Fsp3) is 0.571. The molecule has 2 atom stereocenters. The van der Waals surface area contributed by atoms with Gasteiger partial charge in [0.1, 0.15) is 0 Å². The number of halogens is 3. The molecule has 0 spiro atoms. The average Bonchev–Trinajstić information content (AvgIpc) is 2.45. The van der Waals surface area contributed by atoms with Gasteiger partial charge in [-0.3, -0.25) is 9.78 Å². The van der Waals surface area contributed by atoms with E-state index in [2.05, 4.69) is 10.3 Å². The number of carbonyl (C=O) groups excluding carboxylic acids is 1. The second-order valence-corrected chi connectivity index (χ2v) is 5.48. The van der Waals surface area contributed by atoms with E-state index < -0.39 is 23.6 Å². The summed E-state index contributed by atoms with van der Waals surface area (Å²) in [5.41, 5.74) is -1.14. The van der Waals surface area contributed by atoms with E-state index >= 15 is 0 Å². The monoisotopic (exact) mass is 302 g/mol. The number of aliphatic hydroxyl groups is 1. The van der Waals surface area contributed by atoms with Crippen LogP contribution >= 0.6 is 0 Å². The van der Waals surface area contributed by atoms with E-state index in [1.165, 1.54) is 24.5 Å². The molecule has 2 rings (SSSR count). The maximum Gasteiger partial charge on any atom is 0.391 e. The number of rotatable bonds is 3. The summed E-state index contributed by atoms with van der Waals surface area (Å²) in [6, 6.07) is 3.00. The molecule has 1 aromatic heterocycles. The summed E-state index contributed by atoms with van der Waals surface area (Å²) in [6.45, 7) is -0.180. The lowest BCUT2D eigenvalue weighted by atomic mass is 9.77. The molecule has 1 aromatic rings. The highest BCUT2D eigenvalue weighted by molar-refractivity contribution is 5.93. The fourth-order valence-electron chi connectivity index (χ4n) is 2.63. The Labute approximate surface area is 120 Å². The van der Waals surface area contributed by atoms with Crippen LogP contribution in [0, 0.1) is 5.92 Å². The topological polar surface area (TPSA) is 62.2 Å². The number of pyridine rings is 1. The Balaban J connectivity index is 1.94. The Bertz CT molecular complexity index is 493. The van der Waals surface area contributed by atoms with Gasteiger partial charge < -0.3 is 10.4 Å². The zero-order chi connectivity index (χ0) is 15.5. The number of hydrogen-bond donors (Lipinski definition) is 2. The molecule has 1 heterocycles. The molecule has 1 amide bonds. The van der Waals surface area contributed by atoms with E-state index in [0.717, 1.165) is 0 Å². The van der Waals surface area contributed by atoms with Crippen molar-refractivity contribution < 1.29 is 23.1 Å². The standard InChI is InChI=1S/C14H17F3N2O2/c15-14(16,17)11-2-1-5-13(21,8-11)9-19-12(20)10-3-6-18-7-4-10/h3-4,6-7,11,21H,1-2,5,8-9H2,(H,19,20)/t11-,13+/m0/s1. The number of amides is 1. The lowest BCUT2D eigenvalue weighted by molar-refractivity contribution is -0.199. The zero-order valence-electron chi connectivity index (χ0n) is 11.4. The molecular weight excluding hydrogens is 285 g/mol. The van der Waals surface area contributed by atoms with Gasteiger partial charge in [-0.2, -0.15) is 13.2 Å². The second kappa shape index (κ2) is 6.01. The van der Waals surface area contributed by atoms with Crippen molar-refractivity contribution in [3.63, 3.8) is 0 Å². The summed E-state index contributed by atoms with van der Waals surface area (Å²) in [6.07, 6.45) is -1.18. The lowest BCUT2D eigenvalue weighted by Gasteiger charge is -2.37. The van der Waals surface area contributed by atoms with Gasteiger partial charge in [0.25, 0.3) is 5.91 Å². The molecule has 1 saturated carbocycles. The summed E-state index contributed by atoms with van der Waals surface area (Å²) in [5, 5.41) is 12.8. The van der Waals surface area contributed by atoms with Gasteiger partial charge in [-0.1, -0.05) is 0 Å². The minimum Gasteiger partial charge on any atom is -0.388 e. The zero-order valence-corrected chi connectivity index (χ0v) is 11.4. The first kappa shape index (κ1) is 15.8. The first-order valence-corrected chi connectivity index (χ1v) is 6.77. The molecule has 1 aliphatic carbocycles. The average molecular weight is 302 g/mol. The molecule has 21 heavy (non-hydrogen) atoms. The number of carbonyl (C=O) groups is 1. The molecule has 1 aliphatic rings. The van der Waals surface area contributed by atoms with Crippen LogP contribution in [0.3, 0.4) is 0 Å². The maximum atomic E-state index is 12.7. The summed E-state index contributed by atoms with van der Waals surface area (Å²) in [5.74, 6) is -1.94. The molecule has 116 valence electrons. The van der Waals surface area contributed by atoms with Crippen LogP contribution in [-0.2, 0) is 0 Å². The van der Waals surface area contributed by atoms with Gasteiger partial charge in [-0.15, -0.1) is 0 Å². The van der Waals surface area contributed by atoms with E-state index in [0.29, 0.717) is 12.0 Å². The number of nitrogens with zero attached hydrogens (tertiary/aromatic N) is 1. The van der Waals surface area contributed by atoms with Crippen LogP contribution in [0.25, 0.3) is 0 Å². The Hall–Kier alpha value is -1.63. The van der Waals surface area contributed by atoms with Gasteiger partial charge in [0.2, 0.25) is 0 Å². The first-order valence-electron chi connectivity index (χ1n) is 6.77. The maximum absolute atomic E-state index is 12.7. The van der Waals surface area contributed by atoms with Gasteiger partial charge in [-0.05, 0) is 37.8 Å². The lowest BCUT2D eigenvalue weighted by Crippen LogP contribution is -2.48.